The fourth-order valence-electron chi connectivity index (χ4n) is 3.91. The number of aryl methyl sites for hydroxylation is 2. The first-order valence-electron chi connectivity index (χ1n) is 10.4. The molecule has 2 aliphatic rings. The number of fused-ring (bicyclic) bond motifs is 1. The second-order valence-electron chi connectivity index (χ2n) is 7.80. The van der Waals surface area contributed by atoms with Gasteiger partial charge in [0.25, 0.3) is 11.8 Å². The van der Waals surface area contributed by atoms with Crippen molar-refractivity contribution in [1.82, 2.24) is 4.90 Å². The molecule has 2 aromatic carbocycles. The van der Waals surface area contributed by atoms with Crippen LogP contribution >= 0.6 is 24.0 Å². The van der Waals surface area contributed by atoms with Gasteiger partial charge in [0, 0.05) is 17.8 Å². The van der Waals surface area contributed by atoms with Crippen molar-refractivity contribution in [2.45, 2.75) is 27.2 Å². The molecule has 0 aliphatic carbocycles. The number of thiocarbonyl (C=S) groups is 1. The fraction of sp³-hybridized carbons (Fsp3) is 0.250. The van der Waals surface area contributed by atoms with Crippen LogP contribution in [0.5, 0.6) is 0 Å². The molecular formula is C24H23N3O3S2. The van der Waals surface area contributed by atoms with Crippen LogP contribution in [0.4, 0.5) is 11.4 Å². The van der Waals surface area contributed by atoms with Gasteiger partial charge in [-0.15, -0.1) is 0 Å². The van der Waals surface area contributed by atoms with E-state index in [-0.39, 0.29) is 24.3 Å². The van der Waals surface area contributed by atoms with E-state index in [4.69, 9.17) is 12.2 Å². The molecule has 32 heavy (non-hydrogen) atoms. The van der Waals surface area contributed by atoms with Crippen molar-refractivity contribution in [2.24, 2.45) is 0 Å². The number of nitrogens with zero attached hydrogens (tertiary/aromatic N) is 2. The molecule has 0 spiro atoms. The SMILES string of the molecule is CCCN1C(=O)/C(=C2/C(=O)N(CC(=O)Nc3ccc(C)cc3C)c3ccccc32)SC1=S. The van der Waals surface area contributed by atoms with Gasteiger partial charge in [-0.1, -0.05) is 66.8 Å². The molecule has 0 bridgehead atoms. The number of nitrogens with one attached hydrogen (secondary N) is 1. The van der Waals surface area contributed by atoms with Gasteiger partial charge in [0.05, 0.1) is 16.2 Å². The lowest BCUT2D eigenvalue weighted by atomic mass is 10.1. The zero-order valence-corrected chi connectivity index (χ0v) is 19.7. The zero-order valence-electron chi connectivity index (χ0n) is 18.1. The van der Waals surface area contributed by atoms with Crippen molar-refractivity contribution in [1.29, 1.82) is 0 Å². The predicted octanol–water partition coefficient (Wildman–Crippen LogP) is 4.27. The third kappa shape index (κ3) is 3.96. The van der Waals surface area contributed by atoms with Crippen LogP contribution in [0.3, 0.4) is 0 Å². The molecule has 1 saturated heterocycles. The van der Waals surface area contributed by atoms with Crippen LogP contribution in [-0.4, -0.2) is 40.0 Å². The van der Waals surface area contributed by atoms with E-state index in [2.05, 4.69) is 5.32 Å². The average molecular weight is 466 g/mol. The first-order chi connectivity index (χ1) is 15.3. The number of thioether (sulfide) groups is 1. The number of amides is 3. The number of rotatable bonds is 5. The van der Waals surface area contributed by atoms with Crippen LogP contribution < -0.4 is 10.2 Å². The lowest BCUT2D eigenvalue weighted by molar-refractivity contribution is -0.122. The molecule has 0 atom stereocenters. The summed E-state index contributed by atoms with van der Waals surface area (Å²) in [6.45, 7) is 6.25. The van der Waals surface area contributed by atoms with Crippen molar-refractivity contribution >= 4 is 63.0 Å². The summed E-state index contributed by atoms with van der Waals surface area (Å²) in [6.07, 6.45) is 0.768. The minimum atomic E-state index is -0.362. The van der Waals surface area contributed by atoms with Crippen LogP contribution in [0.15, 0.2) is 47.4 Å². The van der Waals surface area contributed by atoms with Crippen LogP contribution in [0.2, 0.25) is 0 Å². The lowest BCUT2D eigenvalue weighted by Crippen LogP contribution is -2.35. The van der Waals surface area contributed by atoms with E-state index < -0.39 is 0 Å². The highest BCUT2D eigenvalue weighted by Gasteiger charge is 2.42. The molecule has 3 amide bonds. The van der Waals surface area contributed by atoms with Gasteiger partial charge in [0.15, 0.2) is 0 Å². The van der Waals surface area contributed by atoms with Crippen molar-refractivity contribution in [3.8, 4) is 0 Å². The summed E-state index contributed by atoms with van der Waals surface area (Å²) in [6, 6.07) is 13.0. The van der Waals surface area contributed by atoms with Gasteiger partial charge < -0.3 is 5.32 Å². The quantitative estimate of drug-likeness (QED) is 0.528. The third-order valence-corrected chi connectivity index (χ3v) is 6.85. The van der Waals surface area contributed by atoms with Gasteiger partial charge in [0.1, 0.15) is 10.9 Å². The van der Waals surface area contributed by atoms with Gasteiger partial charge in [-0.25, -0.2) is 0 Å². The Morgan fingerprint density at radius 3 is 2.53 bits per heavy atom. The Morgan fingerprint density at radius 1 is 1.06 bits per heavy atom. The Hall–Kier alpha value is -2.97. The summed E-state index contributed by atoms with van der Waals surface area (Å²) in [5, 5.41) is 2.89. The highest BCUT2D eigenvalue weighted by molar-refractivity contribution is 8.26. The molecule has 8 heteroatoms. The normalized spacial score (nSPS) is 17.9. The summed E-state index contributed by atoms with van der Waals surface area (Å²) in [4.78, 5) is 42.5. The van der Waals surface area contributed by atoms with Crippen LogP contribution in [0, 0.1) is 13.8 Å². The molecule has 0 unspecified atom stereocenters. The van der Waals surface area contributed by atoms with Gasteiger partial charge in [-0.3, -0.25) is 24.2 Å². The van der Waals surface area contributed by atoms with Gasteiger partial charge in [-0.2, -0.15) is 0 Å². The Bertz CT molecular complexity index is 1190. The Labute approximate surface area is 196 Å². The van der Waals surface area contributed by atoms with E-state index in [1.165, 1.54) is 9.80 Å². The number of anilines is 2. The monoisotopic (exact) mass is 465 g/mol. The molecule has 164 valence electrons. The number of carbonyl (C=O) groups excluding carboxylic acids is 3. The highest BCUT2D eigenvalue weighted by atomic mass is 32.2. The smallest absolute Gasteiger partial charge is 0.267 e. The van der Waals surface area contributed by atoms with E-state index in [9.17, 15) is 14.4 Å². The lowest BCUT2D eigenvalue weighted by Gasteiger charge is -2.17. The third-order valence-electron chi connectivity index (χ3n) is 5.40. The maximum absolute atomic E-state index is 13.4. The summed E-state index contributed by atoms with van der Waals surface area (Å²) >= 11 is 6.52. The average Bonchev–Trinajstić information content (AvgIpc) is 3.18. The summed E-state index contributed by atoms with van der Waals surface area (Å²) < 4.78 is 0.454. The van der Waals surface area contributed by atoms with E-state index in [1.807, 2.05) is 51.1 Å². The molecule has 1 N–H and O–H groups in total. The molecule has 2 heterocycles. The molecule has 0 saturated carbocycles. The van der Waals surface area contributed by atoms with Gasteiger partial charge in [0.2, 0.25) is 5.91 Å². The minimum Gasteiger partial charge on any atom is -0.324 e. The number of hydrogen-bond acceptors (Lipinski definition) is 5. The standard InChI is InChI=1S/C24H23N3O3S2/c1-4-11-26-23(30)21(32-24(26)31)20-16-7-5-6-8-18(16)27(22(20)29)13-19(28)25-17-10-9-14(2)12-15(17)3/h5-10,12H,4,11,13H2,1-3H3,(H,25,28)/b21-20-. The van der Waals surface area contributed by atoms with E-state index >= 15 is 0 Å². The predicted molar refractivity (Wildman–Crippen MR) is 132 cm³/mol. The Morgan fingerprint density at radius 2 is 1.81 bits per heavy atom. The number of benzene rings is 2. The van der Waals surface area contributed by atoms with E-state index in [0.717, 1.165) is 29.3 Å². The Balaban J connectivity index is 1.64. The first kappa shape index (κ1) is 22.2. The van der Waals surface area contributed by atoms with Crippen molar-refractivity contribution in [2.75, 3.05) is 23.3 Å². The molecule has 1 fully saturated rings. The second kappa shape index (κ2) is 8.88. The van der Waals surface area contributed by atoms with Crippen molar-refractivity contribution < 1.29 is 14.4 Å². The number of hydrogen-bond donors (Lipinski definition) is 1. The molecule has 0 aromatic heterocycles. The van der Waals surface area contributed by atoms with Gasteiger partial charge in [-0.05, 0) is 38.0 Å². The zero-order chi connectivity index (χ0) is 23.0. The fourth-order valence-corrected chi connectivity index (χ4v) is 5.29. The molecule has 2 aliphatic heterocycles. The number of carbonyl (C=O) groups is 3. The molecule has 0 radical (unpaired) electrons. The Kier molecular flexibility index (Phi) is 6.17. The van der Waals surface area contributed by atoms with Crippen LogP contribution in [-0.2, 0) is 14.4 Å². The maximum Gasteiger partial charge on any atom is 0.267 e. The largest absolute Gasteiger partial charge is 0.324 e. The van der Waals surface area contributed by atoms with Crippen LogP contribution in [0.1, 0.15) is 30.0 Å². The summed E-state index contributed by atoms with van der Waals surface area (Å²) in [5.41, 5.74) is 4.34. The maximum atomic E-state index is 13.4. The minimum absolute atomic E-state index is 0.151. The van der Waals surface area contributed by atoms with Gasteiger partial charge >= 0.3 is 0 Å². The van der Waals surface area contributed by atoms with Crippen molar-refractivity contribution in [3.05, 3.63) is 64.1 Å². The second-order valence-corrected chi connectivity index (χ2v) is 9.45. The molecular weight excluding hydrogens is 442 g/mol. The highest BCUT2D eigenvalue weighted by Crippen LogP contribution is 2.44. The molecule has 6 nitrogen and oxygen atoms in total. The van der Waals surface area contributed by atoms with E-state index in [0.29, 0.717) is 38.3 Å². The van der Waals surface area contributed by atoms with Crippen molar-refractivity contribution in [3.63, 3.8) is 0 Å². The summed E-state index contributed by atoms with van der Waals surface area (Å²) in [7, 11) is 0. The molecule has 4 rings (SSSR count). The summed E-state index contributed by atoms with van der Waals surface area (Å²) in [5.74, 6) is -0.916. The topological polar surface area (TPSA) is 69.7 Å². The van der Waals surface area contributed by atoms with Crippen LogP contribution in [0.25, 0.3) is 5.57 Å². The first-order valence-corrected chi connectivity index (χ1v) is 11.6. The number of para-hydroxylation sites is 1. The van der Waals surface area contributed by atoms with E-state index in [1.54, 1.807) is 12.1 Å². The molecule has 2 aromatic rings.